The number of benzene rings is 1. The molecule has 2 amide bonds. The van der Waals surface area contributed by atoms with E-state index in [1.807, 2.05) is 0 Å². The lowest BCUT2D eigenvalue weighted by molar-refractivity contribution is -0.121. The Morgan fingerprint density at radius 1 is 1.26 bits per heavy atom. The molecule has 2 aromatic rings. The van der Waals surface area contributed by atoms with Gasteiger partial charge in [-0.05, 0) is 31.9 Å². The molecule has 1 atom stereocenters. The lowest BCUT2D eigenvalue weighted by Crippen LogP contribution is -2.38. The first-order valence-corrected chi connectivity index (χ1v) is 10.7. The van der Waals surface area contributed by atoms with Crippen LogP contribution in [0.4, 0.5) is 14.5 Å². The van der Waals surface area contributed by atoms with E-state index in [0.29, 0.717) is 12.8 Å². The highest BCUT2D eigenvalue weighted by Crippen LogP contribution is 2.39. The van der Waals surface area contributed by atoms with Crippen molar-refractivity contribution in [1.82, 2.24) is 15.3 Å². The maximum Gasteiger partial charge on any atom is 0.249 e. The van der Waals surface area contributed by atoms with Gasteiger partial charge in [-0.1, -0.05) is 0 Å². The minimum Gasteiger partial charge on any atom is -0.347 e. The summed E-state index contributed by atoms with van der Waals surface area (Å²) in [5, 5.41) is 2.35. The van der Waals surface area contributed by atoms with Crippen LogP contribution < -0.4 is 15.7 Å². The Hall–Kier alpha value is -2.67. The van der Waals surface area contributed by atoms with Gasteiger partial charge in [0, 0.05) is 23.9 Å². The van der Waals surface area contributed by atoms with Crippen LogP contribution in [-0.4, -0.2) is 48.2 Å². The molecule has 1 aromatic carbocycles. The molecular weight excluding hydrogens is 377 g/mol. The molecule has 1 fully saturated rings. The lowest BCUT2D eigenvalue weighted by Gasteiger charge is -2.19. The van der Waals surface area contributed by atoms with Crippen molar-refractivity contribution in [3.05, 3.63) is 36.3 Å². The molecule has 1 N–H and O–H groups in total. The average molecular weight is 394 g/mol. The van der Waals surface area contributed by atoms with Crippen LogP contribution in [0.5, 0.6) is 0 Å². The van der Waals surface area contributed by atoms with Gasteiger partial charge in [-0.25, -0.2) is 18.7 Å². The summed E-state index contributed by atoms with van der Waals surface area (Å²) in [6, 6.07) is 1.83. The summed E-state index contributed by atoms with van der Waals surface area (Å²) in [6.45, 7) is 3.11. The number of rotatable bonds is 5. The van der Waals surface area contributed by atoms with Gasteiger partial charge in [0.1, 0.15) is 24.9 Å². The number of halogens is 2. The summed E-state index contributed by atoms with van der Waals surface area (Å²) >= 11 is 0. The normalized spacial score (nSPS) is 17.3. The third-order valence-electron chi connectivity index (χ3n) is 4.32. The SMILES string of the molecule is CP(C)(=O)c1ncncc1-c1ccc(N2CCC(NC=O)C2=O)c(F)c1F. The molecule has 0 aliphatic carbocycles. The standard InChI is InChI=1S/C17H17F2N4O3P/c1-27(2,26)16-11(7-20-8-21-16)10-3-4-13(15(19)14(10)18)23-6-5-12(17(23)25)22-9-24/h3-4,7-9,12H,5-6H2,1-2H3,(H,22,24). The number of aromatic nitrogens is 2. The fourth-order valence-corrected chi connectivity index (χ4v) is 4.14. The van der Waals surface area contributed by atoms with E-state index in [0.717, 1.165) is 4.90 Å². The van der Waals surface area contributed by atoms with Gasteiger partial charge in [0.25, 0.3) is 0 Å². The van der Waals surface area contributed by atoms with E-state index >= 15 is 0 Å². The van der Waals surface area contributed by atoms with E-state index in [1.165, 1.54) is 38.0 Å². The van der Waals surface area contributed by atoms with Crippen molar-refractivity contribution in [2.75, 3.05) is 24.8 Å². The van der Waals surface area contributed by atoms with E-state index in [-0.39, 0.29) is 28.8 Å². The number of anilines is 1. The Kier molecular flexibility index (Phi) is 5.06. The monoisotopic (exact) mass is 394 g/mol. The van der Waals surface area contributed by atoms with Gasteiger partial charge in [-0.15, -0.1) is 0 Å². The van der Waals surface area contributed by atoms with Gasteiger partial charge in [-0.2, -0.15) is 0 Å². The molecule has 0 radical (unpaired) electrons. The van der Waals surface area contributed by atoms with Gasteiger partial charge < -0.3 is 14.8 Å². The van der Waals surface area contributed by atoms with Gasteiger partial charge in [0.05, 0.1) is 5.69 Å². The molecule has 1 aliphatic rings. The Morgan fingerprint density at radius 2 is 2.00 bits per heavy atom. The highest BCUT2D eigenvalue weighted by Gasteiger charge is 2.35. The van der Waals surface area contributed by atoms with Crippen LogP contribution in [0.2, 0.25) is 0 Å². The van der Waals surface area contributed by atoms with Gasteiger partial charge in [0.15, 0.2) is 11.6 Å². The Balaban J connectivity index is 2.05. The highest BCUT2D eigenvalue weighted by atomic mass is 31.2. The smallest absolute Gasteiger partial charge is 0.249 e. The van der Waals surface area contributed by atoms with Crippen LogP contribution >= 0.6 is 7.14 Å². The largest absolute Gasteiger partial charge is 0.347 e. The number of carbonyl (C=O) groups excluding carboxylic acids is 2. The molecule has 10 heteroatoms. The van der Waals surface area contributed by atoms with Crippen molar-refractivity contribution in [1.29, 1.82) is 0 Å². The predicted molar refractivity (Wildman–Crippen MR) is 96.4 cm³/mol. The zero-order valence-corrected chi connectivity index (χ0v) is 15.5. The average Bonchev–Trinajstić information content (AvgIpc) is 2.98. The summed E-state index contributed by atoms with van der Waals surface area (Å²) in [5.74, 6) is -2.90. The fraction of sp³-hybridized carbons (Fsp3) is 0.294. The van der Waals surface area contributed by atoms with Crippen molar-refractivity contribution in [3.63, 3.8) is 0 Å². The molecule has 1 aromatic heterocycles. The summed E-state index contributed by atoms with van der Waals surface area (Å²) < 4.78 is 42.0. The molecule has 0 saturated carbocycles. The number of nitrogens with zero attached hydrogens (tertiary/aromatic N) is 3. The van der Waals surface area contributed by atoms with E-state index in [1.54, 1.807) is 0 Å². The minimum absolute atomic E-state index is 0.134. The fourth-order valence-electron chi connectivity index (χ4n) is 3.05. The molecule has 1 unspecified atom stereocenters. The van der Waals surface area contributed by atoms with E-state index in [9.17, 15) is 22.9 Å². The van der Waals surface area contributed by atoms with Crippen molar-refractivity contribution >= 4 is 30.6 Å². The number of hydrogen-bond acceptors (Lipinski definition) is 5. The second kappa shape index (κ2) is 7.15. The van der Waals surface area contributed by atoms with Crippen LogP contribution in [0.1, 0.15) is 6.42 Å². The first-order valence-electron chi connectivity index (χ1n) is 8.10. The second-order valence-electron chi connectivity index (χ2n) is 6.49. The zero-order chi connectivity index (χ0) is 19.8. The number of carbonyl (C=O) groups is 2. The lowest BCUT2D eigenvalue weighted by atomic mass is 10.1. The van der Waals surface area contributed by atoms with Crippen molar-refractivity contribution in [2.45, 2.75) is 12.5 Å². The van der Waals surface area contributed by atoms with Gasteiger partial charge in [0.2, 0.25) is 12.3 Å². The topological polar surface area (TPSA) is 92.3 Å². The summed E-state index contributed by atoms with van der Waals surface area (Å²) in [6.07, 6.45) is 3.18. The Labute approximate surface area is 154 Å². The first kappa shape index (κ1) is 19.1. The number of nitrogens with one attached hydrogen (secondary N) is 1. The molecule has 7 nitrogen and oxygen atoms in total. The maximum atomic E-state index is 14.8. The van der Waals surface area contributed by atoms with Gasteiger partial charge in [-0.3, -0.25) is 9.59 Å². The third-order valence-corrected chi connectivity index (χ3v) is 5.70. The first-order chi connectivity index (χ1) is 12.8. The van der Waals surface area contributed by atoms with Crippen molar-refractivity contribution in [3.8, 4) is 11.1 Å². The molecule has 3 rings (SSSR count). The Bertz CT molecular complexity index is 963. The quantitative estimate of drug-likeness (QED) is 0.613. The van der Waals surface area contributed by atoms with E-state index in [4.69, 9.17) is 0 Å². The highest BCUT2D eigenvalue weighted by molar-refractivity contribution is 7.70. The Morgan fingerprint density at radius 3 is 2.67 bits per heavy atom. The van der Waals surface area contributed by atoms with E-state index < -0.39 is 30.7 Å². The van der Waals surface area contributed by atoms with Crippen LogP contribution in [0.3, 0.4) is 0 Å². The molecule has 1 aliphatic heterocycles. The zero-order valence-electron chi connectivity index (χ0n) is 14.6. The summed E-state index contributed by atoms with van der Waals surface area (Å²) in [7, 11) is -2.86. The van der Waals surface area contributed by atoms with Crippen LogP contribution in [-0.2, 0) is 14.2 Å². The molecule has 0 bridgehead atoms. The molecular formula is C17H17F2N4O3P. The molecule has 2 heterocycles. The van der Waals surface area contributed by atoms with Crippen molar-refractivity contribution < 1.29 is 22.9 Å². The minimum atomic E-state index is -2.86. The molecule has 0 spiro atoms. The predicted octanol–water partition coefficient (Wildman–Crippen LogP) is 1.52. The van der Waals surface area contributed by atoms with Crippen LogP contribution in [0.15, 0.2) is 24.7 Å². The molecule has 27 heavy (non-hydrogen) atoms. The maximum absolute atomic E-state index is 14.8. The molecule has 1 saturated heterocycles. The van der Waals surface area contributed by atoms with Crippen LogP contribution in [0.25, 0.3) is 11.1 Å². The van der Waals surface area contributed by atoms with Crippen LogP contribution in [0, 0.1) is 11.6 Å². The van der Waals surface area contributed by atoms with Gasteiger partial charge >= 0.3 is 0 Å². The third kappa shape index (κ3) is 3.47. The second-order valence-corrected chi connectivity index (χ2v) is 9.61. The number of amides is 2. The van der Waals surface area contributed by atoms with Crippen molar-refractivity contribution in [2.24, 2.45) is 0 Å². The molecule has 142 valence electrons. The summed E-state index contributed by atoms with van der Waals surface area (Å²) in [4.78, 5) is 31.7. The summed E-state index contributed by atoms with van der Waals surface area (Å²) in [5.41, 5.74) is -0.0610. The van der Waals surface area contributed by atoms with E-state index in [2.05, 4.69) is 15.3 Å². The number of hydrogen-bond donors (Lipinski definition) is 1.